The number of aliphatic hydroxyl groups is 1. The van der Waals surface area contributed by atoms with Crippen molar-refractivity contribution in [2.75, 3.05) is 7.11 Å². The molecule has 0 radical (unpaired) electrons. The predicted octanol–water partition coefficient (Wildman–Crippen LogP) is 1.83. The molecule has 1 heterocycles. The first-order valence-electron chi connectivity index (χ1n) is 4.21. The smallest absolute Gasteiger partial charge is 0.131 e. The van der Waals surface area contributed by atoms with Crippen LogP contribution in [0.1, 0.15) is 28.6 Å². The Morgan fingerprint density at radius 3 is 2.46 bits per heavy atom. The SMILES string of the molecule is COC(C)C(O)c1nc(C)c(C)s1. The van der Waals surface area contributed by atoms with Crippen LogP contribution in [-0.2, 0) is 4.74 Å². The van der Waals surface area contributed by atoms with Gasteiger partial charge < -0.3 is 9.84 Å². The summed E-state index contributed by atoms with van der Waals surface area (Å²) in [6, 6.07) is 0. The van der Waals surface area contributed by atoms with Gasteiger partial charge in [0.2, 0.25) is 0 Å². The minimum absolute atomic E-state index is 0.204. The number of aromatic nitrogens is 1. The maximum absolute atomic E-state index is 9.75. The Labute approximate surface area is 82.4 Å². The van der Waals surface area contributed by atoms with Gasteiger partial charge in [0, 0.05) is 12.0 Å². The lowest BCUT2D eigenvalue weighted by Crippen LogP contribution is -2.16. The normalized spacial score (nSPS) is 15.8. The minimum Gasteiger partial charge on any atom is -0.383 e. The van der Waals surface area contributed by atoms with E-state index in [1.807, 2.05) is 20.8 Å². The fraction of sp³-hybridized carbons (Fsp3) is 0.667. The molecule has 1 N–H and O–H groups in total. The molecule has 2 unspecified atom stereocenters. The van der Waals surface area contributed by atoms with Gasteiger partial charge in [0.15, 0.2) is 0 Å². The standard InChI is InChI=1S/C9H15NO2S/c1-5-7(3)13-9(10-5)8(11)6(2)12-4/h6,8,11H,1-4H3. The first kappa shape index (κ1) is 10.6. The zero-order valence-electron chi connectivity index (χ0n) is 8.37. The van der Waals surface area contributed by atoms with Crippen molar-refractivity contribution in [3.63, 3.8) is 0 Å². The number of ether oxygens (including phenoxy) is 1. The maximum atomic E-state index is 9.75. The average Bonchev–Trinajstić information content (AvgIpc) is 2.44. The van der Waals surface area contributed by atoms with E-state index < -0.39 is 6.10 Å². The van der Waals surface area contributed by atoms with E-state index >= 15 is 0 Å². The molecule has 3 nitrogen and oxygen atoms in total. The van der Waals surface area contributed by atoms with Crippen molar-refractivity contribution < 1.29 is 9.84 Å². The van der Waals surface area contributed by atoms with Crippen LogP contribution in [0.25, 0.3) is 0 Å². The Hall–Kier alpha value is -0.450. The third kappa shape index (κ3) is 2.27. The van der Waals surface area contributed by atoms with E-state index in [0.29, 0.717) is 0 Å². The molecule has 4 heteroatoms. The first-order chi connectivity index (χ1) is 6.06. The molecule has 0 fully saturated rings. The van der Waals surface area contributed by atoms with Gasteiger partial charge in [-0.25, -0.2) is 4.98 Å². The molecule has 13 heavy (non-hydrogen) atoms. The number of methoxy groups -OCH3 is 1. The Kier molecular flexibility index (Phi) is 3.41. The Morgan fingerprint density at radius 1 is 1.46 bits per heavy atom. The van der Waals surface area contributed by atoms with Gasteiger partial charge in [0.05, 0.1) is 11.8 Å². The van der Waals surface area contributed by atoms with Crippen molar-refractivity contribution in [2.45, 2.75) is 33.0 Å². The van der Waals surface area contributed by atoms with E-state index in [4.69, 9.17) is 4.74 Å². The second-order valence-electron chi connectivity index (χ2n) is 3.08. The van der Waals surface area contributed by atoms with Gasteiger partial charge in [-0.1, -0.05) is 0 Å². The van der Waals surface area contributed by atoms with Crippen LogP contribution < -0.4 is 0 Å². The van der Waals surface area contributed by atoms with Gasteiger partial charge >= 0.3 is 0 Å². The summed E-state index contributed by atoms with van der Waals surface area (Å²) in [6.07, 6.45) is -0.813. The fourth-order valence-electron chi connectivity index (χ4n) is 0.954. The molecule has 0 saturated heterocycles. The summed E-state index contributed by atoms with van der Waals surface area (Å²) in [5.41, 5.74) is 0.988. The predicted molar refractivity (Wildman–Crippen MR) is 53.0 cm³/mol. The van der Waals surface area contributed by atoms with Crippen LogP contribution in [0.3, 0.4) is 0 Å². The van der Waals surface area contributed by atoms with Crippen LogP contribution in [0.4, 0.5) is 0 Å². The molecule has 0 aliphatic carbocycles. The lowest BCUT2D eigenvalue weighted by atomic mass is 10.2. The second kappa shape index (κ2) is 4.17. The molecule has 1 aromatic heterocycles. The lowest BCUT2D eigenvalue weighted by Gasteiger charge is -2.14. The van der Waals surface area contributed by atoms with Gasteiger partial charge in [-0.3, -0.25) is 0 Å². The van der Waals surface area contributed by atoms with Gasteiger partial charge in [0.25, 0.3) is 0 Å². The maximum Gasteiger partial charge on any atom is 0.131 e. The number of aliphatic hydroxyl groups excluding tert-OH is 1. The third-order valence-corrected chi connectivity index (χ3v) is 3.26. The highest BCUT2D eigenvalue weighted by atomic mass is 32.1. The molecule has 1 aromatic rings. The topological polar surface area (TPSA) is 42.4 Å². The number of aryl methyl sites for hydroxylation is 2. The van der Waals surface area contributed by atoms with E-state index in [1.54, 1.807) is 7.11 Å². The number of rotatable bonds is 3. The van der Waals surface area contributed by atoms with Gasteiger partial charge in [-0.15, -0.1) is 11.3 Å². The van der Waals surface area contributed by atoms with Crippen LogP contribution in [0.5, 0.6) is 0 Å². The van der Waals surface area contributed by atoms with Gasteiger partial charge in [0.1, 0.15) is 11.1 Å². The summed E-state index contributed by atoms with van der Waals surface area (Å²) in [5, 5.41) is 10.5. The van der Waals surface area contributed by atoms with Crippen molar-refractivity contribution in [3.8, 4) is 0 Å². The van der Waals surface area contributed by atoms with Crippen molar-refractivity contribution in [1.29, 1.82) is 0 Å². The van der Waals surface area contributed by atoms with E-state index in [0.717, 1.165) is 15.6 Å². The van der Waals surface area contributed by atoms with Gasteiger partial charge in [-0.05, 0) is 20.8 Å². The average molecular weight is 201 g/mol. The molecule has 1 rings (SSSR count). The minimum atomic E-state index is -0.609. The first-order valence-corrected chi connectivity index (χ1v) is 5.02. The molecule has 0 saturated carbocycles. The Morgan fingerprint density at radius 2 is 2.08 bits per heavy atom. The highest BCUT2D eigenvalue weighted by molar-refractivity contribution is 7.11. The van der Waals surface area contributed by atoms with E-state index in [9.17, 15) is 5.11 Å². The quantitative estimate of drug-likeness (QED) is 0.811. The zero-order chi connectivity index (χ0) is 10.0. The molecule has 0 aliphatic rings. The molecule has 0 spiro atoms. The number of hydrogen-bond acceptors (Lipinski definition) is 4. The lowest BCUT2D eigenvalue weighted by molar-refractivity contribution is -0.00156. The van der Waals surface area contributed by atoms with Crippen LogP contribution in [0.2, 0.25) is 0 Å². The monoisotopic (exact) mass is 201 g/mol. The van der Waals surface area contributed by atoms with Crippen molar-refractivity contribution in [1.82, 2.24) is 4.98 Å². The zero-order valence-corrected chi connectivity index (χ0v) is 9.18. The fourth-order valence-corrected chi connectivity index (χ4v) is 1.96. The molecule has 74 valence electrons. The molecule has 0 bridgehead atoms. The van der Waals surface area contributed by atoms with Crippen LogP contribution >= 0.6 is 11.3 Å². The number of thiazole rings is 1. The van der Waals surface area contributed by atoms with Gasteiger partial charge in [-0.2, -0.15) is 0 Å². The van der Waals surface area contributed by atoms with Crippen molar-refractivity contribution in [3.05, 3.63) is 15.6 Å². The summed E-state index contributed by atoms with van der Waals surface area (Å²) >= 11 is 1.53. The van der Waals surface area contributed by atoms with Crippen LogP contribution in [0, 0.1) is 13.8 Å². The molecule has 0 aromatic carbocycles. The summed E-state index contributed by atoms with van der Waals surface area (Å²) in [4.78, 5) is 5.42. The van der Waals surface area contributed by atoms with Crippen molar-refractivity contribution in [2.24, 2.45) is 0 Å². The highest BCUT2D eigenvalue weighted by Gasteiger charge is 2.19. The summed E-state index contributed by atoms with van der Waals surface area (Å²) in [6.45, 7) is 5.77. The molecule has 0 amide bonds. The number of hydrogen-bond donors (Lipinski definition) is 1. The van der Waals surface area contributed by atoms with E-state index in [-0.39, 0.29) is 6.10 Å². The molecular weight excluding hydrogens is 186 g/mol. The Balaban J connectivity index is 2.82. The van der Waals surface area contributed by atoms with E-state index in [2.05, 4.69) is 4.98 Å². The Bertz CT molecular complexity index is 266. The largest absolute Gasteiger partial charge is 0.383 e. The molecular formula is C9H15NO2S. The summed E-state index contributed by atoms with van der Waals surface area (Å²) < 4.78 is 5.03. The third-order valence-electron chi connectivity index (χ3n) is 2.11. The van der Waals surface area contributed by atoms with Crippen LogP contribution in [-0.4, -0.2) is 23.3 Å². The molecule has 2 atom stereocenters. The highest BCUT2D eigenvalue weighted by Crippen LogP contribution is 2.25. The van der Waals surface area contributed by atoms with E-state index in [1.165, 1.54) is 11.3 Å². The van der Waals surface area contributed by atoms with Crippen LogP contribution in [0.15, 0.2) is 0 Å². The number of nitrogens with zero attached hydrogens (tertiary/aromatic N) is 1. The summed E-state index contributed by atoms with van der Waals surface area (Å²) in [7, 11) is 1.58. The van der Waals surface area contributed by atoms with Crippen molar-refractivity contribution >= 4 is 11.3 Å². The summed E-state index contributed by atoms with van der Waals surface area (Å²) in [5.74, 6) is 0. The second-order valence-corrected chi connectivity index (χ2v) is 4.31. The molecule has 0 aliphatic heterocycles.